The molecule has 0 aliphatic heterocycles. The second-order valence-electron chi connectivity index (χ2n) is 5.10. The smallest absolute Gasteiger partial charge is 0.223 e. The molecule has 0 bridgehead atoms. The van der Waals surface area contributed by atoms with E-state index in [0.29, 0.717) is 28.8 Å². The van der Waals surface area contributed by atoms with Crippen LogP contribution in [0.2, 0.25) is 10.0 Å². The van der Waals surface area contributed by atoms with Crippen LogP contribution in [0, 0.1) is 5.92 Å². The summed E-state index contributed by atoms with van der Waals surface area (Å²) < 4.78 is 0. The largest absolute Gasteiger partial charge is 0.354 e. The molecule has 0 aliphatic rings. The van der Waals surface area contributed by atoms with Gasteiger partial charge in [-0.25, -0.2) is 0 Å². The number of carbonyl (C=O) groups excluding carboxylic acids is 2. The van der Waals surface area contributed by atoms with Crippen LogP contribution < -0.4 is 10.2 Å². The normalized spacial score (nSPS) is 10.6. The summed E-state index contributed by atoms with van der Waals surface area (Å²) >= 11 is 11.9. The van der Waals surface area contributed by atoms with Crippen molar-refractivity contribution in [1.29, 1.82) is 0 Å². The minimum absolute atomic E-state index is 0.0198. The van der Waals surface area contributed by atoms with Crippen molar-refractivity contribution in [1.82, 2.24) is 5.32 Å². The lowest BCUT2D eigenvalue weighted by atomic mass is 10.0. The van der Waals surface area contributed by atoms with Crippen LogP contribution in [-0.2, 0) is 9.59 Å². The third-order valence-corrected chi connectivity index (χ3v) is 3.97. The minimum atomic E-state index is -0.130. The fourth-order valence-electron chi connectivity index (χ4n) is 2.26. The lowest BCUT2D eigenvalue weighted by Gasteiger charge is -2.22. The first-order valence-corrected chi connectivity index (χ1v) is 8.16. The van der Waals surface area contributed by atoms with Gasteiger partial charge in [0.1, 0.15) is 0 Å². The van der Waals surface area contributed by atoms with Crippen molar-refractivity contribution >= 4 is 40.7 Å². The van der Waals surface area contributed by atoms with Gasteiger partial charge in [0, 0.05) is 41.7 Å². The Labute approximate surface area is 141 Å². The lowest BCUT2D eigenvalue weighted by molar-refractivity contribution is -0.125. The molecule has 0 saturated heterocycles. The van der Waals surface area contributed by atoms with Gasteiger partial charge in [0.2, 0.25) is 11.8 Å². The Hall–Kier alpha value is -1.26. The average molecular weight is 345 g/mol. The maximum atomic E-state index is 11.9. The van der Waals surface area contributed by atoms with E-state index in [1.54, 1.807) is 23.1 Å². The summed E-state index contributed by atoms with van der Waals surface area (Å²) in [5.41, 5.74) is 0.627. The Balaban J connectivity index is 2.70. The second kappa shape index (κ2) is 9.01. The molecule has 1 rings (SSSR count). The van der Waals surface area contributed by atoms with Crippen molar-refractivity contribution in [2.24, 2.45) is 5.92 Å². The number of benzene rings is 1. The molecule has 0 aromatic heterocycles. The van der Waals surface area contributed by atoms with Crippen molar-refractivity contribution < 1.29 is 9.59 Å². The topological polar surface area (TPSA) is 49.4 Å². The fraction of sp³-hybridized carbons (Fsp3) is 0.500. The van der Waals surface area contributed by atoms with E-state index >= 15 is 0 Å². The number of rotatable bonds is 7. The van der Waals surface area contributed by atoms with E-state index in [2.05, 4.69) is 5.32 Å². The predicted molar refractivity (Wildman–Crippen MR) is 91.6 cm³/mol. The lowest BCUT2D eigenvalue weighted by Crippen LogP contribution is -2.39. The third kappa shape index (κ3) is 5.50. The zero-order valence-electron chi connectivity index (χ0n) is 13.2. The molecule has 2 amide bonds. The fourth-order valence-corrected chi connectivity index (χ4v) is 2.77. The molecule has 122 valence electrons. The van der Waals surface area contributed by atoms with Crippen LogP contribution in [0.1, 0.15) is 33.6 Å². The molecule has 0 saturated carbocycles. The Morgan fingerprint density at radius 2 is 1.68 bits per heavy atom. The molecule has 22 heavy (non-hydrogen) atoms. The Morgan fingerprint density at radius 3 is 2.14 bits per heavy atom. The molecule has 6 heteroatoms. The number of nitrogens with one attached hydrogen (secondary N) is 1. The van der Waals surface area contributed by atoms with E-state index in [4.69, 9.17) is 23.2 Å². The van der Waals surface area contributed by atoms with Crippen molar-refractivity contribution in [3.63, 3.8) is 0 Å². The highest BCUT2D eigenvalue weighted by Gasteiger charge is 2.16. The Morgan fingerprint density at radius 1 is 1.14 bits per heavy atom. The monoisotopic (exact) mass is 344 g/mol. The van der Waals surface area contributed by atoms with Crippen LogP contribution in [-0.4, -0.2) is 24.9 Å². The van der Waals surface area contributed by atoms with Crippen LogP contribution in [0.15, 0.2) is 18.2 Å². The van der Waals surface area contributed by atoms with Gasteiger partial charge >= 0.3 is 0 Å². The zero-order valence-corrected chi connectivity index (χ0v) is 14.7. The van der Waals surface area contributed by atoms with Gasteiger partial charge in [0.25, 0.3) is 0 Å². The van der Waals surface area contributed by atoms with Crippen LogP contribution in [0.25, 0.3) is 0 Å². The molecular formula is C16H22Cl2N2O2. The van der Waals surface area contributed by atoms with Crippen molar-refractivity contribution in [3.8, 4) is 0 Å². The Kier molecular flexibility index (Phi) is 7.69. The molecule has 0 spiro atoms. The number of nitrogens with zero attached hydrogens (tertiary/aromatic N) is 1. The molecule has 0 radical (unpaired) electrons. The molecule has 0 aliphatic carbocycles. The highest BCUT2D eigenvalue weighted by molar-refractivity contribution is 6.35. The van der Waals surface area contributed by atoms with Crippen LogP contribution >= 0.6 is 23.2 Å². The Bertz CT molecular complexity index is 511. The molecule has 0 fully saturated rings. The van der Waals surface area contributed by atoms with Gasteiger partial charge in [-0.15, -0.1) is 0 Å². The number of halogens is 2. The number of anilines is 1. The summed E-state index contributed by atoms with van der Waals surface area (Å²) in [5.74, 6) is -0.0841. The summed E-state index contributed by atoms with van der Waals surface area (Å²) in [7, 11) is 0. The first-order chi connectivity index (χ1) is 10.4. The summed E-state index contributed by atoms with van der Waals surface area (Å²) in [6, 6.07) is 4.97. The molecule has 1 N–H and O–H groups in total. The quantitative estimate of drug-likeness (QED) is 0.815. The van der Waals surface area contributed by atoms with Crippen molar-refractivity contribution in [2.45, 2.75) is 33.6 Å². The second-order valence-corrected chi connectivity index (χ2v) is 5.98. The molecule has 0 unspecified atom stereocenters. The van der Waals surface area contributed by atoms with Gasteiger partial charge in [-0.3, -0.25) is 9.59 Å². The van der Waals surface area contributed by atoms with E-state index in [1.165, 1.54) is 6.92 Å². The first-order valence-electron chi connectivity index (χ1n) is 7.40. The van der Waals surface area contributed by atoms with Gasteiger partial charge in [0.15, 0.2) is 0 Å². The standard InChI is InChI=1S/C16H22Cl2N2O2/c1-4-12(5-2)16(22)19-6-7-20(11(3)21)15-9-13(17)8-14(18)10-15/h8-10,12H,4-7H2,1-3H3,(H,19,22). The number of amides is 2. The molecule has 4 nitrogen and oxygen atoms in total. The maximum absolute atomic E-state index is 11.9. The van der Waals surface area contributed by atoms with E-state index < -0.39 is 0 Å². The van der Waals surface area contributed by atoms with Gasteiger partial charge < -0.3 is 10.2 Å². The third-order valence-electron chi connectivity index (χ3n) is 3.53. The van der Waals surface area contributed by atoms with E-state index in [1.807, 2.05) is 13.8 Å². The van der Waals surface area contributed by atoms with Crippen LogP contribution in [0.5, 0.6) is 0 Å². The number of carbonyl (C=O) groups is 2. The van der Waals surface area contributed by atoms with Gasteiger partial charge in [-0.05, 0) is 31.0 Å². The van der Waals surface area contributed by atoms with E-state index in [0.717, 1.165) is 12.8 Å². The number of hydrogen-bond acceptors (Lipinski definition) is 2. The van der Waals surface area contributed by atoms with Crippen LogP contribution in [0.4, 0.5) is 5.69 Å². The summed E-state index contributed by atoms with van der Waals surface area (Å²) in [6.07, 6.45) is 1.62. The molecular weight excluding hydrogens is 323 g/mol. The number of hydrogen-bond donors (Lipinski definition) is 1. The SMILES string of the molecule is CCC(CC)C(=O)NCCN(C(C)=O)c1cc(Cl)cc(Cl)c1. The highest BCUT2D eigenvalue weighted by Crippen LogP contribution is 2.25. The zero-order chi connectivity index (χ0) is 16.7. The first kappa shape index (κ1) is 18.8. The maximum Gasteiger partial charge on any atom is 0.223 e. The minimum Gasteiger partial charge on any atom is -0.354 e. The summed E-state index contributed by atoms with van der Waals surface area (Å²) in [6.45, 7) is 6.21. The highest BCUT2D eigenvalue weighted by atomic mass is 35.5. The van der Waals surface area contributed by atoms with Crippen LogP contribution in [0.3, 0.4) is 0 Å². The summed E-state index contributed by atoms with van der Waals surface area (Å²) in [5, 5.41) is 3.80. The average Bonchev–Trinajstić information content (AvgIpc) is 2.43. The predicted octanol–water partition coefficient (Wildman–Crippen LogP) is 3.90. The van der Waals surface area contributed by atoms with Gasteiger partial charge in [-0.2, -0.15) is 0 Å². The molecule has 1 aromatic rings. The van der Waals surface area contributed by atoms with Gasteiger partial charge in [0.05, 0.1) is 0 Å². The molecule has 0 heterocycles. The van der Waals surface area contributed by atoms with E-state index in [9.17, 15) is 9.59 Å². The summed E-state index contributed by atoms with van der Waals surface area (Å²) in [4.78, 5) is 25.3. The van der Waals surface area contributed by atoms with E-state index in [-0.39, 0.29) is 17.7 Å². The van der Waals surface area contributed by atoms with Crippen molar-refractivity contribution in [2.75, 3.05) is 18.0 Å². The molecule has 1 aromatic carbocycles. The van der Waals surface area contributed by atoms with Crippen molar-refractivity contribution in [3.05, 3.63) is 28.2 Å². The van der Waals surface area contributed by atoms with Gasteiger partial charge in [-0.1, -0.05) is 37.0 Å². The molecule has 0 atom stereocenters.